The summed E-state index contributed by atoms with van der Waals surface area (Å²) in [4.78, 5) is 18.8. The Balaban J connectivity index is 2.27. The van der Waals surface area contributed by atoms with Gasteiger partial charge < -0.3 is 4.74 Å². The summed E-state index contributed by atoms with van der Waals surface area (Å²) in [5.41, 5.74) is 0. The highest BCUT2D eigenvalue weighted by Gasteiger charge is 2.25. The van der Waals surface area contributed by atoms with Crippen molar-refractivity contribution in [3.63, 3.8) is 0 Å². The van der Waals surface area contributed by atoms with Crippen molar-refractivity contribution in [2.24, 2.45) is 0 Å². The molecule has 1 fully saturated rings. The molecule has 5 nitrogen and oxygen atoms in total. The van der Waals surface area contributed by atoms with E-state index in [1.54, 1.807) is 7.05 Å². The van der Waals surface area contributed by atoms with Gasteiger partial charge in [-0.15, -0.1) is 0 Å². The van der Waals surface area contributed by atoms with Crippen LogP contribution in [0.1, 0.15) is 26.2 Å². The third kappa shape index (κ3) is 4.61. The van der Waals surface area contributed by atoms with Gasteiger partial charge in [0.05, 0.1) is 13.7 Å². The smallest absolute Gasteiger partial charge is 0.247 e. The Kier molecular flexibility index (Phi) is 6.47. The molecule has 100 valence electrons. The van der Waals surface area contributed by atoms with Crippen LogP contribution in [0.15, 0.2) is 0 Å². The molecule has 1 amide bonds. The molecule has 1 heterocycles. The van der Waals surface area contributed by atoms with Crippen LogP contribution in [0.5, 0.6) is 0 Å². The van der Waals surface area contributed by atoms with Crippen molar-refractivity contribution in [1.29, 1.82) is 0 Å². The first-order valence-electron chi connectivity index (χ1n) is 6.31. The van der Waals surface area contributed by atoms with Crippen molar-refractivity contribution in [3.05, 3.63) is 0 Å². The van der Waals surface area contributed by atoms with Crippen molar-refractivity contribution in [2.75, 3.05) is 40.5 Å². The van der Waals surface area contributed by atoms with Crippen molar-refractivity contribution in [1.82, 2.24) is 9.96 Å². The normalized spacial score (nSPS) is 20.8. The summed E-state index contributed by atoms with van der Waals surface area (Å²) in [6.07, 6.45) is 2.88. The van der Waals surface area contributed by atoms with Gasteiger partial charge in [-0.05, 0) is 26.3 Å². The average molecular weight is 244 g/mol. The molecule has 5 heteroatoms. The lowest BCUT2D eigenvalue weighted by molar-refractivity contribution is -0.169. The molecule has 0 saturated carbocycles. The molecule has 0 spiro atoms. The lowest BCUT2D eigenvalue weighted by atomic mass is 10.2. The standard InChI is InChI=1S/C12H24N2O3/c1-4-17-10-11-6-5-8-14(11)9-7-12(15)13(2)16-3/h11H,4-10H2,1-3H3. The van der Waals surface area contributed by atoms with Crippen LogP contribution < -0.4 is 0 Å². The van der Waals surface area contributed by atoms with Gasteiger partial charge in [0, 0.05) is 32.7 Å². The van der Waals surface area contributed by atoms with Gasteiger partial charge >= 0.3 is 0 Å². The zero-order valence-corrected chi connectivity index (χ0v) is 11.1. The Labute approximate surface area is 104 Å². The minimum atomic E-state index is 0.0227. The van der Waals surface area contributed by atoms with E-state index in [9.17, 15) is 4.79 Å². The molecule has 17 heavy (non-hydrogen) atoms. The SMILES string of the molecule is CCOCC1CCCN1CCC(=O)N(C)OC. The number of hydrogen-bond acceptors (Lipinski definition) is 4. The third-order valence-electron chi connectivity index (χ3n) is 3.25. The van der Waals surface area contributed by atoms with E-state index in [1.807, 2.05) is 6.92 Å². The molecular weight excluding hydrogens is 220 g/mol. The molecule has 1 rings (SSSR count). The van der Waals surface area contributed by atoms with Crippen LogP contribution in [-0.2, 0) is 14.4 Å². The Morgan fingerprint density at radius 2 is 2.29 bits per heavy atom. The molecule has 1 unspecified atom stereocenters. The van der Waals surface area contributed by atoms with Gasteiger partial charge in [0.1, 0.15) is 0 Å². The molecular formula is C12H24N2O3. The monoisotopic (exact) mass is 244 g/mol. The van der Waals surface area contributed by atoms with Gasteiger partial charge in [0.2, 0.25) is 5.91 Å². The predicted molar refractivity (Wildman–Crippen MR) is 65.5 cm³/mol. The quantitative estimate of drug-likeness (QED) is 0.624. The maximum atomic E-state index is 11.6. The number of hydrogen-bond donors (Lipinski definition) is 0. The fourth-order valence-corrected chi connectivity index (χ4v) is 2.13. The first kappa shape index (κ1) is 14.4. The minimum Gasteiger partial charge on any atom is -0.380 e. The molecule has 0 N–H and O–H groups in total. The van der Waals surface area contributed by atoms with Gasteiger partial charge in [0.15, 0.2) is 0 Å². The van der Waals surface area contributed by atoms with Gasteiger partial charge in [-0.1, -0.05) is 0 Å². The molecule has 0 aromatic heterocycles. The van der Waals surface area contributed by atoms with E-state index in [4.69, 9.17) is 9.57 Å². The Hall–Kier alpha value is -0.650. The zero-order valence-electron chi connectivity index (χ0n) is 11.1. The van der Waals surface area contributed by atoms with E-state index >= 15 is 0 Å². The molecule has 0 aromatic carbocycles. The van der Waals surface area contributed by atoms with Crippen LogP contribution in [-0.4, -0.2) is 62.4 Å². The van der Waals surface area contributed by atoms with E-state index in [0.717, 1.165) is 26.3 Å². The number of nitrogens with zero attached hydrogens (tertiary/aromatic N) is 2. The van der Waals surface area contributed by atoms with Gasteiger partial charge in [-0.2, -0.15) is 0 Å². The summed E-state index contributed by atoms with van der Waals surface area (Å²) in [6.45, 7) is 5.42. The molecule has 0 radical (unpaired) electrons. The summed E-state index contributed by atoms with van der Waals surface area (Å²) in [5.74, 6) is 0.0227. The number of carbonyl (C=O) groups excluding carboxylic acids is 1. The Morgan fingerprint density at radius 1 is 1.53 bits per heavy atom. The fraction of sp³-hybridized carbons (Fsp3) is 0.917. The summed E-state index contributed by atoms with van der Waals surface area (Å²) in [7, 11) is 3.15. The van der Waals surface area contributed by atoms with Crippen LogP contribution in [0.25, 0.3) is 0 Å². The Morgan fingerprint density at radius 3 is 2.94 bits per heavy atom. The summed E-state index contributed by atoms with van der Waals surface area (Å²) >= 11 is 0. The van der Waals surface area contributed by atoms with E-state index in [0.29, 0.717) is 12.5 Å². The molecule has 1 aliphatic heterocycles. The van der Waals surface area contributed by atoms with Gasteiger partial charge in [0.25, 0.3) is 0 Å². The third-order valence-corrected chi connectivity index (χ3v) is 3.25. The average Bonchev–Trinajstić information content (AvgIpc) is 2.79. The number of likely N-dealkylation sites (tertiary alicyclic amines) is 1. The molecule has 0 bridgehead atoms. The van der Waals surface area contributed by atoms with Crippen LogP contribution in [0, 0.1) is 0 Å². The molecule has 1 atom stereocenters. The van der Waals surface area contributed by atoms with Crippen molar-refractivity contribution in [3.8, 4) is 0 Å². The van der Waals surface area contributed by atoms with Crippen molar-refractivity contribution < 1.29 is 14.4 Å². The van der Waals surface area contributed by atoms with E-state index < -0.39 is 0 Å². The fourth-order valence-electron chi connectivity index (χ4n) is 2.13. The second-order valence-corrected chi connectivity index (χ2v) is 4.32. The largest absolute Gasteiger partial charge is 0.380 e. The number of hydroxylamine groups is 2. The highest BCUT2D eigenvalue weighted by atomic mass is 16.7. The maximum Gasteiger partial charge on any atom is 0.247 e. The second-order valence-electron chi connectivity index (χ2n) is 4.32. The number of ether oxygens (including phenoxy) is 1. The molecule has 1 aliphatic rings. The van der Waals surface area contributed by atoms with E-state index in [1.165, 1.54) is 25.0 Å². The van der Waals surface area contributed by atoms with E-state index in [2.05, 4.69) is 4.90 Å². The molecule has 0 aliphatic carbocycles. The van der Waals surface area contributed by atoms with Crippen LogP contribution in [0.2, 0.25) is 0 Å². The Bertz CT molecular complexity index is 236. The molecule has 1 saturated heterocycles. The molecule has 0 aromatic rings. The summed E-state index contributed by atoms with van der Waals surface area (Å²) in [6, 6.07) is 0.482. The van der Waals surface area contributed by atoms with Crippen LogP contribution >= 0.6 is 0 Å². The maximum absolute atomic E-state index is 11.6. The lowest BCUT2D eigenvalue weighted by Gasteiger charge is -2.24. The van der Waals surface area contributed by atoms with Crippen molar-refractivity contribution >= 4 is 5.91 Å². The minimum absolute atomic E-state index is 0.0227. The number of amides is 1. The summed E-state index contributed by atoms with van der Waals surface area (Å²) in [5, 5.41) is 1.29. The highest BCUT2D eigenvalue weighted by molar-refractivity contribution is 5.74. The van der Waals surface area contributed by atoms with E-state index in [-0.39, 0.29) is 5.91 Å². The zero-order chi connectivity index (χ0) is 12.7. The first-order chi connectivity index (χ1) is 8.19. The van der Waals surface area contributed by atoms with Crippen LogP contribution in [0.3, 0.4) is 0 Å². The van der Waals surface area contributed by atoms with Crippen LogP contribution in [0.4, 0.5) is 0 Å². The lowest BCUT2D eigenvalue weighted by Crippen LogP contribution is -2.36. The highest BCUT2D eigenvalue weighted by Crippen LogP contribution is 2.17. The van der Waals surface area contributed by atoms with Gasteiger partial charge in [-0.25, -0.2) is 5.06 Å². The number of carbonyl (C=O) groups is 1. The summed E-state index contributed by atoms with van der Waals surface area (Å²) < 4.78 is 5.46. The second kappa shape index (κ2) is 7.63. The van der Waals surface area contributed by atoms with Gasteiger partial charge in [-0.3, -0.25) is 14.5 Å². The first-order valence-corrected chi connectivity index (χ1v) is 6.31. The van der Waals surface area contributed by atoms with Crippen molar-refractivity contribution in [2.45, 2.75) is 32.2 Å². The topological polar surface area (TPSA) is 42.0 Å². The predicted octanol–water partition coefficient (Wildman–Crippen LogP) is 0.897. The number of rotatable bonds is 7.